The van der Waals surface area contributed by atoms with E-state index in [2.05, 4.69) is 17.6 Å². The number of hydrogen-bond acceptors (Lipinski definition) is 6. The largest absolute Gasteiger partial charge is 0.493 e. The first kappa shape index (κ1) is 20.5. The van der Waals surface area contributed by atoms with Gasteiger partial charge in [0.25, 0.3) is 0 Å². The summed E-state index contributed by atoms with van der Waals surface area (Å²) in [7, 11) is -0.645. The summed E-state index contributed by atoms with van der Waals surface area (Å²) in [5.74, 6) is 0.317. The normalized spacial score (nSPS) is 16.7. The first-order valence-corrected chi connectivity index (χ1v) is 10.4. The smallest absolute Gasteiger partial charge is 0.221 e. The van der Waals surface area contributed by atoms with Gasteiger partial charge in [0.2, 0.25) is 5.91 Å². The van der Waals surface area contributed by atoms with E-state index in [1.807, 2.05) is 0 Å². The van der Waals surface area contributed by atoms with Gasteiger partial charge in [0, 0.05) is 19.0 Å². The minimum Gasteiger partial charge on any atom is -0.493 e. The van der Waals surface area contributed by atoms with Gasteiger partial charge in [-0.15, -0.1) is 0 Å². The molecule has 1 fully saturated rings. The van der Waals surface area contributed by atoms with Crippen molar-refractivity contribution in [3.8, 4) is 11.5 Å². The van der Waals surface area contributed by atoms with Crippen molar-refractivity contribution in [1.29, 1.82) is 0 Å². The maximum atomic E-state index is 12.5. The van der Waals surface area contributed by atoms with E-state index in [9.17, 15) is 13.2 Å². The molecule has 0 saturated carbocycles. The molecule has 0 aliphatic carbocycles. The fourth-order valence-corrected chi connectivity index (χ4v) is 4.21. The fourth-order valence-electron chi connectivity index (χ4n) is 2.96. The van der Waals surface area contributed by atoms with Gasteiger partial charge in [-0.1, -0.05) is 6.92 Å². The second kappa shape index (κ2) is 8.73. The Labute approximate surface area is 155 Å². The van der Waals surface area contributed by atoms with E-state index >= 15 is 0 Å². The highest BCUT2D eigenvalue weighted by Crippen LogP contribution is 2.30. The maximum Gasteiger partial charge on any atom is 0.221 e. The molecule has 146 valence electrons. The standard InChI is InChI=1S/C18H28N2O5S/c1-18(7-9-19-10-8-18)13-20-17(21)6-11-26(22,23)14-4-5-15(24-2)16(12-14)25-3/h4-5,12,19H,6-11,13H2,1-3H3,(H,20,21). The molecule has 0 bridgehead atoms. The lowest BCUT2D eigenvalue weighted by molar-refractivity contribution is -0.121. The van der Waals surface area contributed by atoms with Crippen LogP contribution in [0.1, 0.15) is 26.2 Å². The van der Waals surface area contributed by atoms with Gasteiger partial charge in [-0.2, -0.15) is 0 Å². The van der Waals surface area contributed by atoms with Crippen LogP contribution in [0.5, 0.6) is 11.5 Å². The molecule has 0 spiro atoms. The van der Waals surface area contributed by atoms with Gasteiger partial charge in [0.1, 0.15) is 0 Å². The molecule has 1 amide bonds. The van der Waals surface area contributed by atoms with Crippen molar-refractivity contribution in [2.75, 3.05) is 39.6 Å². The number of benzene rings is 1. The monoisotopic (exact) mass is 384 g/mol. The van der Waals surface area contributed by atoms with Crippen LogP contribution in [-0.4, -0.2) is 53.9 Å². The number of methoxy groups -OCH3 is 2. The topological polar surface area (TPSA) is 93.7 Å². The molecule has 0 atom stereocenters. The minimum atomic E-state index is -3.58. The van der Waals surface area contributed by atoms with Gasteiger partial charge < -0.3 is 20.1 Å². The molecular formula is C18H28N2O5S. The van der Waals surface area contributed by atoms with Crippen LogP contribution < -0.4 is 20.1 Å². The zero-order valence-electron chi connectivity index (χ0n) is 15.6. The number of rotatable bonds is 8. The molecule has 1 aliphatic heterocycles. The zero-order valence-corrected chi connectivity index (χ0v) is 16.4. The number of hydrogen-bond donors (Lipinski definition) is 2. The molecule has 1 heterocycles. The van der Waals surface area contributed by atoms with E-state index in [4.69, 9.17) is 9.47 Å². The summed E-state index contributed by atoms with van der Waals surface area (Å²) in [6.45, 7) is 4.61. The first-order valence-electron chi connectivity index (χ1n) is 8.72. The van der Waals surface area contributed by atoms with E-state index in [0.29, 0.717) is 18.0 Å². The SMILES string of the molecule is COc1ccc(S(=O)(=O)CCC(=O)NCC2(C)CCNCC2)cc1OC. The van der Waals surface area contributed by atoms with Crippen LogP contribution in [0.2, 0.25) is 0 Å². The summed E-state index contributed by atoms with van der Waals surface area (Å²) in [5, 5.41) is 6.18. The molecule has 2 rings (SSSR count). The molecule has 0 aromatic heterocycles. The Morgan fingerprint density at radius 2 is 1.85 bits per heavy atom. The summed E-state index contributed by atoms with van der Waals surface area (Å²) in [6.07, 6.45) is 1.93. The summed E-state index contributed by atoms with van der Waals surface area (Å²) in [4.78, 5) is 12.2. The van der Waals surface area contributed by atoms with Crippen LogP contribution in [0.4, 0.5) is 0 Å². The number of piperidine rings is 1. The number of carbonyl (C=O) groups excluding carboxylic acids is 1. The van der Waals surface area contributed by atoms with Crippen molar-refractivity contribution in [1.82, 2.24) is 10.6 Å². The molecule has 1 aliphatic rings. The average molecular weight is 384 g/mol. The van der Waals surface area contributed by atoms with E-state index < -0.39 is 9.84 Å². The fraction of sp³-hybridized carbons (Fsp3) is 0.611. The van der Waals surface area contributed by atoms with Gasteiger partial charge in [0.15, 0.2) is 21.3 Å². The van der Waals surface area contributed by atoms with Crippen LogP contribution in [0.3, 0.4) is 0 Å². The quantitative estimate of drug-likeness (QED) is 0.703. The van der Waals surface area contributed by atoms with E-state index in [1.54, 1.807) is 6.07 Å². The second-order valence-corrected chi connectivity index (χ2v) is 9.03. The molecule has 0 radical (unpaired) electrons. The second-order valence-electron chi connectivity index (χ2n) is 6.92. The molecule has 2 N–H and O–H groups in total. The molecule has 8 heteroatoms. The van der Waals surface area contributed by atoms with Crippen LogP contribution in [0, 0.1) is 5.41 Å². The third kappa shape index (κ3) is 5.35. The van der Waals surface area contributed by atoms with E-state index in [0.717, 1.165) is 25.9 Å². The van der Waals surface area contributed by atoms with Crippen molar-refractivity contribution < 1.29 is 22.7 Å². The maximum absolute atomic E-state index is 12.5. The molecule has 1 aromatic carbocycles. The van der Waals surface area contributed by atoms with Gasteiger partial charge in [-0.25, -0.2) is 8.42 Å². The summed E-state index contributed by atoms with van der Waals surface area (Å²) in [5.41, 5.74) is 0.0726. The predicted octanol–water partition coefficient (Wildman–Crippen LogP) is 1.37. The molecule has 7 nitrogen and oxygen atoms in total. The van der Waals surface area contributed by atoms with Crippen LogP contribution >= 0.6 is 0 Å². The minimum absolute atomic E-state index is 0.0645. The highest BCUT2D eigenvalue weighted by molar-refractivity contribution is 7.91. The Hall–Kier alpha value is -1.80. The average Bonchev–Trinajstić information content (AvgIpc) is 2.64. The lowest BCUT2D eigenvalue weighted by Gasteiger charge is -2.34. The number of nitrogens with one attached hydrogen (secondary N) is 2. The van der Waals surface area contributed by atoms with Crippen molar-refractivity contribution in [2.45, 2.75) is 31.1 Å². The van der Waals surface area contributed by atoms with Gasteiger partial charge >= 0.3 is 0 Å². The molecule has 1 aromatic rings. The van der Waals surface area contributed by atoms with Crippen molar-refractivity contribution in [2.24, 2.45) is 5.41 Å². The third-order valence-electron chi connectivity index (χ3n) is 4.83. The Kier molecular flexibility index (Phi) is 6.88. The predicted molar refractivity (Wildman–Crippen MR) is 99.4 cm³/mol. The summed E-state index contributed by atoms with van der Waals surface area (Å²) < 4.78 is 35.2. The Bertz CT molecular complexity index is 727. The number of amides is 1. The Balaban J connectivity index is 1.92. The van der Waals surface area contributed by atoms with E-state index in [1.165, 1.54) is 26.4 Å². The van der Waals surface area contributed by atoms with Crippen molar-refractivity contribution in [3.05, 3.63) is 18.2 Å². The lowest BCUT2D eigenvalue weighted by Crippen LogP contribution is -2.43. The zero-order chi connectivity index (χ0) is 19.2. The van der Waals surface area contributed by atoms with E-state index in [-0.39, 0.29) is 28.4 Å². The summed E-state index contributed by atoms with van der Waals surface area (Å²) in [6, 6.07) is 4.43. The lowest BCUT2D eigenvalue weighted by atomic mass is 9.81. The Morgan fingerprint density at radius 1 is 1.19 bits per heavy atom. The molecule has 0 unspecified atom stereocenters. The van der Waals surface area contributed by atoms with Crippen LogP contribution in [0.25, 0.3) is 0 Å². The highest BCUT2D eigenvalue weighted by Gasteiger charge is 2.27. The number of sulfone groups is 1. The van der Waals surface area contributed by atoms with Crippen LogP contribution in [0.15, 0.2) is 23.1 Å². The van der Waals surface area contributed by atoms with Gasteiger partial charge in [-0.3, -0.25) is 4.79 Å². The summed E-state index contributed by atoms with van der Waals surface area (Å²) >= 11 is 0. The molecule has 1 saturated heterocycles. The van der Waals surface area contributed by atoms with Crippen LogP contribution in [-0.2, 0) is 14.6 Å². The van der Waals surface area contributed by atoms with Gasteiger partial charge in [-0.05, 0) is 43.5 Å². The first-order chi connectivity index (χ1) is 12.3. The van der Waals surface area contributed by atoms with Gasteiger partial charge in [0.05, 0.1) is 24.9 Å². The molecule has 26 heavy (non-hydrogen) atoms. The number of ether oxygens (including phenoxy) is 2. The van der Waals surface area contributed by atoms with Crippen molar-refractivity contribution in [3.63, 3.8) is 0 Å². The highest BCUT2D eigenvalue weighted by atomic mass is 32.2. The molecular weight excluding hydrogens is 356 g/mol. The third-order valence-corrected chi connectivity index (χ3v) is 6.55. The number of carbonyl (C=O) groups is 1. The Morgan fingerprint density at radius 3 is 2.46 bits per heavy atom. The van der Waals surface area contributed by atoms with Crippen molar-refractivity contribution >= 4 is 15.7 Å².